The number of benzene rings is 2. The van der Waals surface area contributed by atoms with Crippen LogP contribution in [0.2, 0.25) is 0 Å². The average molecular weight is 308 g/mol. The quantitative estimate of drug-likeness (QED) is 0.785. The second-order valence-electron chi connectivity index (χ2n) is 7.10. The third-order valence-electron chi connectivity index (χ3n) is 5.10. The van der Waals surface area contributed by atoms with E-state index in [1.165, 1.54) is 0 Å². The SMILES string of the molecule is COc1ccc([C@@H]2O[C@@]23CC(C)(C)c2ccccc2C3=O)cc1. The summed E-state index contributed by atoms with van der Waals surface area (Å²) in [5, 5.41) is 0. The van der Waals surface area contributed by atoms with Crippen LogP contribution >= 0.6 is 0 Å². The van der Waals surface area contributed by atoms with Crippen LogP contribution in [-0.2, 0) is 10.2 Å². The normalized spacial score (nSPS) is 27.6. The summed E-state index contributed by atoms with van der Waals surface area (Å²) in [7, 11) is 1.65. The van der Waals surface area contributed by atoms with Gasteiger partial charge in [-0.15, -0.1) is 0 Å². The molecule has 0 unspecified atom stereocenters. The summed E-state index contributed by atoms with van der Waals surface area (Å²) in [6, 6.07) is 15.7. The molecule has 3 nitrogen and oxygen atoms in total. The lowest BCUT2D eigenvalue weighted by Gasteiger charge is -2.35. The summed E-state index contributed by atoms with van der Waals surface area (Å²) in [6.07, 6.45) is 0.556. The average Bonchev–Trinajstić information content (AvgIpc) is 3.27. The maximum absolute atomic E-state index is 13.0. The molecule has 2 aromatic rings. The molecule has 2 aromatic carbocycles. The summed E-state index contributed by atoms with van der Waals surface area (Å²) in [6.45, 7) is 4.37. The molecule has 1 saturated heterocycles. The van der Waals surface area contributed by atoms with Gasteiger partial charge in [0.1, 0.15) is 11.9 Å². The Morgan fingerprint density at radius 3 is 2.48 bits per heavy atom. The minimum absolute atomic E-state index is 0.0777. The van der Waals surface area contributed by atoms with Crippen molar-refractivity contribution in [1.29, 1.82) is 0 Å². The number of ketones is 1. The highest BCUT2D eigenvalue weighted by Gasteiger charge is 2.66. The van der Waals surface area contributed by atoms with Crippen molar-refractivity contribution in [2.45, 2.75) is 37.4 Å². The zero-order valence-electron chi connectivity index (χ0n) is 13.6. The molecule has 23 heavy (non-hydrogen) atoms. The van der Waals surface area contributed by atoms with Crippen molar-refractivity contribution in [1.82, 2.24) is 0 Å². The molecule has 1 spiro atoms. The van der Waals surface area contributed by atoms with Crippen molar-refractivity contribution in [3.8, 4) is 5.75 Å². The van der Waals surface area contributed by atoms with Gasteiger partial charge in [0, 0.05) is 5.56 Å². The Bertz CT molecular complexity index is 776. The van der Waals surface area contributed by atoms with E-state index < -0.39 is 5.60 Å². The largest absolute Gasteiger partial charge is 0.497 e. The first-order valence-electron chi connectivity index (χ1n) is 7.94. The van der Waals surface area contributed by atoms with Gasteiger partial charge in [0.25, 0.3) is 0 Å². The summed E-state index contributed by atoms with van der Waals surface area (Å²) in [5.41, 5.74) is 2.19. The van der Waals surface area contributed by atoms with E-state index in [1.807, 2.05) is 42.5 Å². The minimum Gasteiger partial charge on any atom is -0.497 e. The first kappa shape index (κ1) is 14.5. The minimum atomic E-state index is -0.702. The zero-order chi connectivity index (χ0) is 16.2. The predicted octanol–water partition coefficient (Wildman–Crippen LogP) is 4.07. The van der Waals surface area contributed by atoms with Crippen LogP contribution in [0.15, 0.2) is 48.5 Å². The van der Waals surface area contributed by atoms with E-state index in [4.69, 9.17) is 9.47 Å². The number of methoxy groups -OCH3 is 1. The molecule has 2 aliphatic rings. The number of carbonyl (C=O) groups is 1. The van der Waals surface area contributed by atoms with E-state index in [1.54, 1.807) is 7.11 Å². The number of hydrogen-bond donors (Lipinski definition) is 0. The highest BCUT2D eigenvalue weighted by molar-refractivity contribution is 6.07. The van der Waals surface area contributed by atoms with Gasteiger partial charge in [-0.3, -0.25) is 4.79 Å². The van der Waals surface area contributed by atoms with Gasteiger partial charge in [0.15, 0.2) is 11.4 Å². The Morgan fingerprint density at radius 1 is 1.09 bits per heavy atom. The second kappa shape index (κ2) is 4.68. The smallest absolute Gasteiger partial charge is 0.198 e. The molecule has 1 fully saturated rings. The van der Waals surface area contributed by atoms with Crippen LogP contribution in [0.3, 0.4) is 0 Å². The maximum atomic E-state index is 13.0. The van der Waals surface area contributed by atoms with Crippen molar-refractivity contribution in [2.75, 3.05) is 7.11 Å². The van der Waals surface area contributed by atoms with Gasteiger partial charge < -0.3 is 9.47 Å². The monoisotopic (exact) mass is 308 g/mol. The number of hydrogen-bond acceptors (Lipinski definition) is 3. The van der Waals surface area contributed by atoms with Gasteiger partial charge in [0.2, 0.25) is 0 Å². The van der Waals surface area contributed by atoms with E-state index in [2.05, 4.69) is 19.9 Å². The fourth-order valence-electron chi connectivity index (χ4n) is 3.93. The van der Waals surface area contributed by atoms with Gasteiger partial charge in [-0.05, 0) is 35.1 Å². The fraction of sp³-hybridized carbons (Fsp3) is 0.350. The van der Waals surface area contributed by atoms with Gasteiger partial charge >= 0.3 is 0 Å². The van der Waals surface area contributed by atoms with Crippen molar-refractivity contribution in [3.63, 3.8) is 0 Å². The zero-order valence-corrected chi connectivity index (χ0v) is 13.6. The lowest BCUT2D eigenvalue weighted by atomic mass is 9.66. The van der Waals surface area contributed by atoms with Crippen LogP contribution in [0, 0.1) is 0 Å². The number of ether oxygens (including phenoxy) is 2. The number of Topliss-reactive ketones (excluding diaryl/α,β-unsaturated/α-hetero) is 1. The molecule has 118 valence electrons. The maximum Gasteiger partial charge on any atom is 0.198 e. The molecule has 2 atom stereocenters. The molecule has 0 saturated carbocycles. The summed E-state index contributed by atoms with van der Waals surface area (Å²) in [5.74, 6) is 0.928. The third-order valence-corrected chi connectivity index (χ3v) is 5.10. The first-order valence-corrected chi connectivity index (χ1v) is 7.94. The predicted molar refractivity (Wildman–Crippen MR) is 88.0 cm³/mol. The van der Waals surface area contributed by atoms with Crippen molar-refractivity contribution >= 4 is 5.78 Å². The molecule has 4 rings (SSSR count). The highest BCUT2D eigenvalue weighted by atomic mass is 16.6. The molecule has 1 aliphatic carbocycles. The molecule has 0 bridgehead atoms. The number of carbonyl (C=O) groups excluding carboxylic acids is 1. The van der Waals surface area contributed by atoms with E-state index in [0.29, 0.717) is 6.42 Å². The van der Waals surface area contributed by atoms with Crippen LogP contribution < -0.4 is 4.74 Å². The summed E-state index contributed by atoms with van der Waals surface area (Å²) in [4.78, 5) is 13.0. The number of rotatable bonds is 2. The van der Waals surface area contributed by atoms with Crippen molar-refractivity contribution in [3.05, 3.63) is 65.2 Å². The third kappa shape index (κ3) is 2.03. The standard InChI is InChI=1S/C20H20O3/c1-19(2)12-20(17(21)15-6-4-5-7-16(15)19)18(23-20)13-8-10-14(22-3)11-9-13/h4-11,18H,12H2,1-3H3/t18-,20+/m0/s1. The lowest BCUT2D eigenvalue weighted by molar-refractivity contribution is 0.0812. The Morgan fingerprint density at radius 2 is 1.78 bits per heavy atom. The molecule has 0 N–H and O–H groups in total. The van der Waals surface area contributed by atoms with E-state index in [0.717, 1.165) is 22.4 Å². The van der Waals surface area contributed by atoms with Gasteiger partial charge in [-0.1, -0.05) is 50.2 Å². The highest BCUT2D eigenvalue weighted by Crippen LogP contribution is 2.60. The molecule has 3 heteroatoms. The molecular formula is C20H20O3. The Hall–Kier alpha value is -2.13. The second-order valence-corrected chi connectivity index (χ2v) is 7.10. The van der Waals surface area contributed by atoms with Crippen LogP contribution in [0.1, 0.15) is 47.9 Å². The van der Waals surface area contributed by atoms with E-state index in [-0.39, 0.29) is 17.3 Å². The van der Waals surface area contributed by atoms with Crippen LogP contribution in [0.25, 0.3) is 0 Å². The van der Waals surface area contributed by atoms with E-state index >= 15 is 0 Å². The Balaban J connectivity index is 1.72. The fourth-order valence-corrected chi connectivity index (χ4v) is 3.93. The van der Waals surface area contributed by atoms with Crippen molar-refractivity contribution in [2.24, 2.45) is 0 Å². The van der Waals surface area contributed by atoms with Crippen LogP contribution in [0.4, 0.5) is 0 Å². The van der Waals surface area contributed by atoms with Crippen molar-refractivity contribution < 1.29 is 14.3 Å². The molecule has 1 heterocycles. The van der Waals surface area contributed by atoms with Gasteiger partial charge in [0.05, 0.1) is 7.11 Å². The topological polar surface area (TPSA) is 38.8 Å². The molecule has 0 radical (unpaired) electrons. The Labute approximate surface area is 136 Å². The molecular weight excluding hydrogens is 288 g/mol. The van der Waals surface area contributed by atoms with Crippen LogP contribution in [0.5, 0.6) is 5.75 Å². The Kier molecular flexibility index (Phi) is 2.94. The first-order chi connectivity index (χ1) is 11.0. The molecule has 1 aliphatic heterocycles. The van der Waals surface area contributed by atoms with Crippen LogP contribution in [-0.4, -0.2) is 18.5 Å². The van der Waals surface area contributed by atoms with Gasteiger partial charge in [-0.25, -0.2) is 0 Å². The van der Waals surface area contributed by atoms with Gasteiger partial charge in [-0.2, -0.15) is 0 Å². The number of epoxide rings is 1. The molecule has 0 aromatic heterocycles. The van der Waals surface area contributed by atoms with E-state index in [9.17, 15) is 4.79 Å². The summed E-state index contributed by atoms with van der Waals surface area (Å²) < 4.78 is 11.2. The number of fused-ring (bicyclic) bond motifs is 1. The lowest BCUT2D eigenvalue weighted by Crippen LogP contribution is -2.40. The molecule has 0 amide bonds. The summed E-state index contributed by atoms with van der Waals surface area (Å²) >= 11 is 0.